The van der Waals surface area contributed by atoms with Gasteiger partial charge >= 0.3 is 0 Å². The van der Waals surface area contributed by atoms with Gasteiger partial charge in [-0.15, -0.1) is 0 Å². The number of rotatable bonds is 7. The van der Waals surface area contributed by atoms with E-state index < -0.39 is 15.7 Å². The van der Waals surface area contributed by atoms with Crippen molar-refractivity contribution in [2.24, 2.45) is 0 Å². The standard InChI is InChI=1S/C23H27N3O3S/c1-5-26-18(4)22(17(3)25-26)16(2)24-23(27)20-13-9-10-14-21(20)30(28,29)15-19-11-7-6-8-12-19/h6-14,16H,5,15H2,1-4H3,(H,24,27). The lowest BCUT2D eigenvalue weighted by Gasteiger charge is -2.17. The quantitative estimate of drug-likeness (QED) is 0.621. The second kappa shape index (κ2) is 8.83. The monoisotopic (exact) mass is 425 g/mol. The molecule has 0 aliphatic carbocycles. The third-order valence-corrected chi connectivity index (χ3v) is 6.92. The largest absolute Gasteiger partial charge is 0.345 e. The Bertz CT molecular complexity index is 1150. The minimum absolute atomic E-state index is 0.0382. The number of benzene rings is 2. The molecule has 0 saturated heterocycles. The number of hydrogen-bond acceptors (Lipinski definition) is 4. The van der Waals surface area contributed by atoms with Gasteiger partial charge in [0.25, 0.3) is 5.91 Å². The number of aromatic nitrogens is 2. The third kappa shape index (κ3) is 4.46. The minimum Gasteiger partial charge on any atom is -0.345 e. The van der Waals surface area contributed by atoms with Crippen LogP contribution in [0.1, 0.15) is 52.8 Å². The molecule has 2 aromatic carbocycles. The van der Waals surface area contributed by atoms with Crippen LogP contribution in [0.15, 0.2) is 59.5 Å². The lowest BCUT2D eigenvalue weighted by atomic mass is 10.1. The predicted octanol–water partition coefficient (Wildman–Crippen LogP) is 3.98. The maximum absolute atomic E-state index is 13.0. The summed E-state index contributed by atoms with van der Waals surface area (Å²) >= 11 is 0. The van der Waals surface area contributed by atoms with Gasteiger partial charge in [-0.05, 0) is 45.4 Å². The molecule has 6 nitrogen and oxygen atoms in total. The highest BCUT2D eigenvalue weighted by atomic mass is 32.2. The zero-order valence-electron chi connectivity index (χ0n) is 17.7. The molecular formula is C23H27N3O3S. The fourth-order valence-corrected chi connectivity index (χ4v) is 5.36. The molecule has 3 rings (SSSR count). The van der Waals surface area contributed by atoms with E-state index in [1.165, 1.54) is 6.07 Å². The van der Waals surface area contributed by atoms with Crippen LogP contribution in [0.4, 0.5) is 0 Å². The van der Waals surface area contributed by atoms with E-state index in [1.54, 1.807) is 42.5 Å². The zero-order chi connectivity index (χ0) is 21.9. The summed E-state index contributed by atoms with van der Waals surface area (Å²) in [6, 6.07) is 15.0. The van der Waals surface area contributed by atoms with Gasteiger partial charge in [0.05, 0.1) is 27.9 Å². The van der Waals surface area contributed by atoms with Crippen molar-refractivity contribution in [2.45, 2.75) is 50.9 Å². The molecule has 0 aliphatic heterocycles. The molecule has 158 valence electrons. The summed E-state index contributed by atoms with van der Waals surface area (Å²) in [4.78, 5) is 13.1. The van der Waals surface area contributed by atoms with E-state index in [0.29, 0.717) is 5.56 Å². The molecule has 0 radical (unpaired) electrons. The Balaban J connectivity index is 1.88. The van der Waals surface area contributed by atoms with Crippen LogP contribution in [0, 0.1) is 13.8 Å². The number of aryl methyl sites for hydroxylation is 2. The number of nitrogens with zero attached hydrogens (tertiary/aromatic N) is 2. The van der Waals surface area contributed by atoms with Crippen LogP contribution in [-0.2, 0) is 22.1 Å². The van der Waals surface area contributed by atoms with E-state index in [1.807, 2.05) is 38.4 Å². The molecule has 1 heterocycles. The molecule has 1 N–H and O–H groups in total. The lowest BCUT2D eigenvalue weighted by molar-refractivity contribution is 0.0936. The number of nitrogens with one attached hydrogen (secondary N) is 1. The summed E-state index contributed by atoms with van der Waals surface area (Å²) in [5.41, 5.74) is 3.63. The van der Waals surface area contributed by atoms with E-state index in [4.69, 9.17) is 0 Å². The normalized spacial score (nSPS) is 12.5. The maximum atomic E-state index is 13.0. The molecule has 0 bridgehead atoms. The van der Waals surface area contributed by atoms with Gasteiger partial charge in [-0.2, -0.15) is 5.10 Å². The molecule has 0 saturated carbocycles. The second-order valence-electron chi connectivity index (χ2n) is 7.34. The van der Waals surface area contributed by atoms with Crippen molar-refractivity contribution in [2.75, 3.05) is 0 Å². The summed E-state index contributed by atoms with van der Waals surface area (Å²) in [5.74, 6) is -0.576. The summed E-state index contributed by atoms with van der Waals surface area (Å²) < 4.78 is 28.0. The van der Waals surface area contributed by atoms with Gasteiger partial charge < -0.3 is 5.32 Å². The number of carbonyl (C=O) groups is 1. The molecule has 0 fully saturated rings. The smallest absolute Gasteiger partial charge is 0.253 e. The van der Waals surface area contributed by atoms with Crippen molar-refractivity contribution in [3.8, 4) is 0 Å². The number of sulfone groups is 1. The average molecular weight is 426 g/mol. The molecule has 30 heavy (non-hydrogen) atoms. The molecule has 1 amide bonds. The van der Waals surface area contributed by atoms with Crippen LogP contribution >= 0.6 is 0 Å². The predicted molar refractivity (Wildman–Crippen MR) is 117 cm³/mol. The van der Waals surface area contributed by atoms with Crippen LogP contribution in [-0.4, -0.2) is 24.1 Å². The topological polar surface area (TPSA) is 81.1 Å². The molecular weight excluding hydrogens is 398 g/mol. The van der Waals surface area contributed by atoms with Crippen LogP contribution in [0.5, 0.6) is 0 Å². The summed E-state index contributed by atoms with van der Waals surface area (Å²) in [7, 11) is -3.68. The Morgan fingerprint density at radius 1 is 1.07 bits per heavy atom. The van der Waals surface area contributed by atoms with Crippen molar-refractivity contribution in [1.29, 1.82) is 0 Å². The van der Waals surface area contributed by atoms with Crippen LogP contribution < -0.4 is 5.32 Å². The highest BCUT2D eigenvalue weighted by molar-refractivity contribution is 7.90. The highest BCUT2D eigenvalue weighted by Gasteiger charge is 2.25. The van der Waals surface area contributed by atoms with Crippen molar-refractivity contribution < 1.29 is 13.2 Å². The molecule has 0 spiro atoms. The Hall–Kier alpha value is -2.93. The lowest BCUT2D eigenvalue weighted by Crippen LogP contribution is -2.29. The highest BCUT2D eigenvalue weighted by Crippen LogP contribution is 2.24. The first kappa shape index (κ1) is 21.8. The minimum atomic E-state index is -3.68. The van der Waals surface area contributed by atoms with Gasteiger partial charge in [0, 0.05) is 17.8 Å². The third-order valence-electron chi connectivity index (χ3n) is 5.18. The Morgan fingerprint density at radius 3 is 2.33 bits per heavy atom. The molecule has 1 atom stereocenters. The Kier molecular flexibility index (Phi) is 6.41. The molecule has 0 aliphatic rings. The fraction of sp³-hybridized carbons (Fsp3) is 0.304. The molecule has 1 aromatic heterocycles. The van der Waals surface area contributed by atoms with E-state index in [0.717, 1.165) is 23.5 Å². The van der Waals surface area contributed by atoms with Gasteiger partial charge in [0.1, 0.15) is 0 Å². The summed E-state index contributed by atoms with van der Waals surface area (Å²) in [5, 5.41) is 7.45. The van der Waals surface area contributed by atoms with Crippen LogP contribution in [0.25, 0.3) is 0 Å². The number of amides is 1. The van der Waals surface area contributed by atoms with Crippen molar-refractivity contribution in [1.82, 2.24) is 15.1 Å². The van der Waals surface area contributed by atoms with Crippen molar-refractivity contribution in [3.63, 3.8) is 0 Å². The molecule has 7 heteroatoms. The Morgan fingerprint density at radius 2 is 1.70 bits per heavy atom. The van der Waals surface area contributed by atoms with Crippen molar-refractivity contribution >= 4 is 15.7 Å². The van der Waals surface area contributed by atoms with Crippen molar-refractivity contribution in [3.05, 3.63) is 82.7 Å². The van der Waals surface area contributed by atoms with Crippen LogP contribution in [0.3, 0.4) is 0 Å². The van der Waals surface area contributed by atoms with E-state index in [-0.39, 0.29) is 22.3 Å². The molecule has 1 unspecified atom stereocenters. The summed E-state index contributed by atoms with van der Waals surface area (Å²) in [6.45, 7) is 8.53. The first-order valence-corrected chi connectivity index (χ1v) is 11.6. The van der Waals surface area contributed by atoms with E-state index >= 15 is 0 Å². The SMILES string of the molecule is CCn1nc(C)c(C(C)NC(=O)c2ccccc2S(=O)(=O)Cc2ccccc2)c1C. The number of carbonyl (C=O) groups excluding carboxylic acids is 1. The van der Waals surface area contributed by atoms with Gasteiger partial charge in [-0.3, -0.25) is 9.48 Å². The maximum Gasteiger partial charge on any atom is 0.253 e. The second-order valence-corrected chi connectivity index (χ2v) is 9.29. The van der Waals surface area contributed by atoms with E-state index in [9.17, 15) is 13.2 Å². The van der Waals surface area contributed by atoms with Gasteiger partial charge in [-0.25, -0.2) is 8.42 Å². The molecule has 3 aromatic rings. The van der Waals surface area contributed by atoms with Gasteiger partial charge in [-0.1, -0.05) is 42.5 Å². The van der Waals surface area contributed by atoms with E-state index in [2.05, 4.69) is 10.4 Å². The first-order chi connectivity index (χ1) is 14.2. The average Bonchev–Trinajstić information content (AvgIpc) is 3.01. The van der Waals surface area contributed by atoms with Crippen LogP contribution in [0.2, 0.25) is 0 Å². The van der Waals surface area contributed by atoms with Gasteiger partial charge in [0.15, 0.2) is 9.84 Å². The number of hydrogen-bond donors (Lipinski definition) is 1. The Labute approximate surface area is 177 Å². The fourth-order valence-electron chi connectivity index (χ4n) is 3.79. The first-order valence-electron chi connectivity index (χ1n) is 9.95. The zero-order valence-corrected chi connectivity index (χ0v) is 18.5. The van der Waals surface area contributed by atoms with Gasteiger partial charge in [0.2, 0.25) is 0 Å². The summed E-state index contributed by atoms with van der Waals surface area (Å²) in [6.07, 6.45) is 0.